The Bertz CT molecular complexity index is 992. The van der Waals surface area contributed by atoms with E-state index in [4.69, 9.17) is 18.4 Å². The van der Waals surface area contributed by atoms with Crippen molar-refractivity contribution in [3.8, 4) is 17.0 Å². The van der Waals surface area contributed by atoms with Gasteiger partial charge in [0.1, 0.15) is 29.6 Å². The topological polar surface area (TPSA) is 77.9 Å². The van der Waals surface area contributed by atoms with Crippen molar-refractivity contribution in [3.05, 3.63) is 59.7 Å². The number of aromatic nitrogens is 1. The van der Waals surface area contributed by atoms with Crippen LogP contribution in [0.15, 0.2) is 51.4 Å². The molecule has 1 aromatic carbocycles. The fourth-order valence-electron chi connectivity index (χ4n) is 3.98. The Hall–Kier alpha value is -3.06. The van der Waals surface area contributed by atoms with Crippen LogP contribution in [0.2, 0.25) is 0 Å². The molecule has 4 rings (SSSR count). The van der Waals surface area contributed by atoms with E-state index in [9.17, 15) is 4.79 Å². The minimum atomic E-state index is -0.316. The van der Waals surface area contributed by atoms with Gasteiger partial charge >= 0.3 is 5.97 Å². The number of methoxy groups -OCH3 is 1. The molecule has 1 saturated heterocycles. The maximum absolute atomic E-state index is 11.0. The molecule has 0 radical (unpaired) electrons. The SMILES string of the molecule is COc1ccc(-c2cc([C@H]3CCCCCN3Cc3ccc(COC(C)=O)o3)on2)cc1. The lowest BCUT2D eigenvalue weighted by Crippen LogP contribution is -2.27. The monoisotopic (exact) mass is 424 g/mol. The summed E-state index contributed by atoms with van der Waals surface area (Å²) in [6.07, 6.45) is 4.49. The van der Waals surface area contributed by atoms with Crippen molar-refractivity contribution in [2.24, 2.45) is 0 Å². The van der Waals surface area contributed by atoms with Crippen molar-refractivity contribution in [3.63, 3.8) is 0 Å². The van der Waals surface area contributed by atoms with Crippen molar-refractivity contribution in [1.82, 2.24) is 10.1 Å². The predicted octanol–water partition coefficient (Wildman–Crippen LogP) is 5.12. The molecular formula is C24H28N2O5. The van der Waals surface area contributed by atoms with E-state index < -0.39 is 0 Å². The predicted molar refractivity (Wildman–Crippen MR) is 114 cm³/mol. The van der Waals surface area contributed by atoms with Crippen LogP contribution in [0.25, 0.3) is 11.3 Å². The number of carbonyl (C=O) groups is 1. The Morgan fingerprint density at radius 2 is 1.94 bits per heavy atom. The van der Waals surface area contributed by atoms with Gasteiger partial charge in [0.25, 0.3) is 0 Å². The first-order valence-corrected chi connectivity index (χ1v) is 10.7. The van der Waals surface area contributed by atoms with Crippen LogP contribution < -0.4 is 4.74 Å². The fraction of sp³-hybridized carbons (Fsp3) is 0.417. The summed E-state index contributed by atoms with van der Waals surface area (Å²) in [6.45, 7) is 3.18. The molecule has 7 nitrogen and oxygen atoms in total. The van der Waals surface area contributed by atoms with Crippen molar-refractivity contribution in [1.29, 1.82) is 0 Å². The van der Waals surface area contributed by atoms with Crippen LogP contribution in [0.4, 0.5) is 0 Å². The minimum Gasteiger partial charge on any atom is -0.497 e. The van der Waals surface area contributed by atoms with E-state index in [2.05, 4.69) is 10.1 Å². The molecule has 1 fully saturated rings. The molecule has 0 saturated carbocycles. The summed E-state index contributed by atoms with van der Waals surface area (Å²) in [7, 11) is 1.65. The van der Waals surface area contributed by atoms with Gasteiger partial charge < -0.3 is 18.4 Å². The number of furan rings is 1. The maximum atomic E-state index is 11.0. The molecule has 0 bridgehead atoms. The second kappa shape index (κ2) is 9.83. The lowest BCUT2D eigenvalue weighted by Gasteiger charge is -2.27. The van der Waals surface area contributed by atoms with Crippen molar-refractivity contribution in [2.75, 3.05) is 13.7 Å². The van der Waals surface area contributed by atoms with Gasteiger partial charge in [-0.1, -0.05) is 18.0 Å². The number of nitrogens with zero attached hydrogens (tertiary/aromatic N) is 2. The number of carbonyl (C=O) groups excluding carboxylic acids is 1. The number of rotatable bonds is 7. The number of esters is 1. The van der Waals surface area contributed by atoms with Gasteiger partial charge in [0.05, 0.1) is 19.7 Å². The van der Waals surface area contributed by atoms with Gasteiger partial charge in [0.15, 0.2) is 5.76 Å². The van der Waals surface area contributed by atoms with E-state index in [-0.39, 0.29) is 18.6 Å². The van der Waals surface area contributed by atoms with Gasteiger partial charge in [0.2, 0.25) is 0 Å². The average molecular weight is 424 g/mol. The van der Waals surface area contributed by atoms with E-state index in [1.54, 1.807) is 7.11 Å². The van der Waals surface area contributed by atoms with Crippen LogP contribution in [0.3, 0.4) is 0 Å². The highest BCUT2D eigenvalue weighted by Crippen LogP contribution is 2.34. The van der Waals surface area contributed by atoms with Gasteiger partial charge in [-0.05, 0) is 55.8 Å². The quantitative estimate of drug-likeness (QED) is 0.487. The molecule has 31 heavy (non-hydrogen) atoms. The average Bonchev–Trinajstić information content (AvgIpc) is 3.38. The van der Waals surface area contributed by atoms with Crippen LogP contribution >= 0.6 is 0 Å². The lowest BCUT2D eigenvalue weighted by molar-refractivity contribution is -0.142. The van der Waals surface area contributed by atoms with E-state index in [1.165, 1.54) is 13.3 Å². The first-order valence-electron chi connectivity index (χ1n) is 10.7. The molecular weight excluding hydrogens is 396 g/mol. The molecule has 0 unspecified atom stereocenters. The second-order valence-electron chi connectivity index (χ2n) is 7.83. The summed E-state index contributed by atoms with van der Waals surface area (Å²) in [4.78, 5) is 13.4. The van der Waals surface area contributed by atoms with Crippen molar-refractivity contribution < 1.29 is 23.2 Å². The molecule has 0 aliphatic carbocycles. The van der Waals surface area contributed by atoms with Gasteiger partial charge in [0, 0.05) is 18.6 Å². The smallest absolute Gasteiger partial charge is 0.303 e. The van der Waals surface area contributed by atoms with E-state index >= 15 is 0 Å². The van der Waals surface area contributed by atoms with E-state index in [1.807, 2.05) is 42.5 Å². The summed E-state index contributed by atoms with van der Waals surface area (Å²) in [5, 5.41) is 4.32. The molecule has 164 valence electrons. The molecule has 7 heteroatoms. The van der Waals surface area contributed by atoms with Gasteiger partial charge in [-0.2, -0.15) is 0 Å². The normalized spacial score (nSPS) is 17.3. The highest BCUT2D eigenvalue weighted by molar-refractivity contribution is 5.65. The molecule has 3 aromatic rings. The zero-order valence-corrected chi connectivity index (χ0v) is 18.0. The third kappa shape index (κ3) is 5.35. The fourth-order valence-corrected chi connectivity index (χ4v) is 3.98. The Balaban J connectivity index is 1.49. The molecule has 1 atom stereocenters. The highest BCUT2D eigenvalue weighted by Gasteiger charge is 2.27. The second-order valence-corrected chi connectivity index (χ2v) is 7.83. The number of likely N-dealkylation sites (tertiary alicyclic amines) is 1. The third-order valence-corrected chi connectivity index (χ3v) is 5.60. The zero-order valence-electron chi connectivity index (χ0n) is 18.0. The summed E-state index contributed by atoms with van der Waals surface area (Å²) < 4.78 is 21.9. The van der Waals surface area contributed by atoms with Crippen molar-refractivity contribution in [2.45, 2.75) is 51.8 Å². The number of benzene rings is 1. The van der Waals surface area contributed by atoms with Crippen LogP contribution in [0.5, 0.6) is 5.75 Å². The minimum absolute atomic E-state index is 0.143. The van der Waals surface area contributed by atoms with E-state index in [0.717, 1.165) is 54.3 Å². The molecule has 0 N–H and O–H groups in total. The maximum Gasteiger partial charge on any atom is 0.303 e. The Morgan fingerprint density at radius 1 is 1.13 bits per heavy atom. The Labute approximate surface area is 181 Å². The van der Waals surface area contributed by atoms with Gasteiger partial charge in [-0.25, -0.2) is 0 Å². The van der Waals surface area contributed by atoms with Crippen LogP contribution in [-0.4, -0.2) is 29.7 Å². The number of hydrogen-bond donors (Lipinski definition) is 0. The first-order chi connectivity index (χ1) is 15.1. The highest BCUT2D eigenvalue weighted by atomic mass is 16.5. The van der Waals surface area contributed by atoms with Crippen LogP contribution in [-0.2, 0) is 22.7 Å². The molecule has 1 aliphatic rings. The molecule has 2 aromatic heterocycles. The van der Waals surface area contributed by atoms with Crippen LogP contribution in [0.1, 0.15) is 55.9 Å². The summed E-state index contributed by atoms with van der Waals surface area (Å²) >= 11 is 0. The van der Waals surface area contributed by atoms with Crippen molar-refractivity contribution >= 4 is 5.97 Å². The van der Waals surface area contributed by atoms with Gasteiger partial charge in [-0.15, -0.1) is 0 Å². The molecule has 1 aliphatic heterocycles. The molecule has 0 spiro atoms. The first kappa shape index (κ1) is 21.2. The summed E-state index contributed by atoms with van der Waals surface area (Å²) in [5.41, 5.74) is 1.82. The summed E-state index contributed by atoms with van der Waals surface area (Å²) in [6, 6.07) is 13.8. The third-order valence-electron chi connectivity index (χ3n) is 5.60. The number of hydrogen-bond acceptors (Lipinski definition) is 7. The van der Waals surface area contributed by atoms with Gasteiger partial charge in [-0.3, -0.25) is 9.69 Å². The largest absolute Gasteiger partial charge is 0.497 e. The molecule has 3 heterocycles. The Kier molecular flexibility index (Phi) is 6.72. The van der Waals surface area contributed by atoms with E-state index in [0.29, 0.717) is 12.3 Å². The lowest BCUT2D eigenvalue weighted by atomic mass is 10.1. The Morgan fingerprint density at radius 3 is 2.71 bits per heavy atom. The standard InChI is InChI=1S/C24H28N2O5/c1-17(27)29-16-21-12-11-20(30-21)15-26-13-5-3-4-6-23(26)24-14-22(25-31-24)18-7-9-19(28-2)10-8-18/h7-12,14,23H,3-6,13,15-16H2,1-2H3/t23-/m1/s1. The van der Waals surface area contributed by atoms with Crippen LogP contribution in [0, 0.1) is 0 Å². The summed E-state index contributed by atoms with van der Waals surface area (Å²) in [5.74, 6) is 2.87. The molecule has 0 amide bonds. The zero-order chi connectivity index (χ0) is 21.6. The number of ether oxygens (including phenoxy) is 2.